The monoisotopic (exact) mass is 391 g/mol. The van der Waals surface area contributed by atoms with Gasteiger partial charge in [-0.15, -0.1) is 0 Å². The summed E-state index contributed by atoms with van der Waals surface area (Å²) in [4.78, 5) is 30.1. The number of anilines is 1. The van der Waals surface area contributed by atoms with Gasteiger partial charge in [0.25, 0.3) is 0 Å². The molecule has 2 aromatic heterocycles. The smallest absolute Gasteiger partial charge is 0.228 e. The van der Waals surface area contributed by atoms with Crippen LogP contribution in [0.4, 0.5) is 5.95 Å². The SMILES string of the molecule is COc1ccnc(N2CCN(C(=O)C(C)Cc3cncc4ccccc34)CC2)n1. The number of carbonyl (C=O) groups is 1. The van der Waals surface area contributed by atoms with E-state index in [0.717, 1.165) is 10.9 Å². The minimum absolute atomic E-state index is 0.0952. The first kappa shape index (κ1) is 19.1. The number of amides is 1. The van der Waals surface area contributed by atoms with Crippen molar-refractivity contribution in [2.24, 2.45) is 5.92 Å². The Labute approximate surface area is 170 Å². The standard InChI is InChI=1S/C22H25N5O2/c1-16(13-18-15-23-14-17-5-3-4-6-19(17)18)21(28)26-9-11-27(12-10-26)22-24-8-7-20(25-22)29-2/h3-8,14-16H,9-13H2,1-2H3. The molecule has 150 valence electrons. The highest BCUT2D eigenvalue weighted by molar-refractivity contribution is 5.86. The maximum Gasteiger partial charge on any atom is 0.228 e. The van der Waals surface area contributed by atoms with E-state index in [9.17, 15) is 4.79 Å². The van der Waals surface area contributed by atoms with Gasteiger partial charge < -0.3 is 14.5 Å². The van der Waals surface area contributed by atoms with E-state index in [1.54, 1.807) is 19.4 Å². The number of hydrogen-bond acceptors (Lipinski definition) is 6. The minimum Gasteiger partial charge on any atom is -0.481 e. The number of rotatable bonds is 5. The molecular weight excluding hydrogens is 366 g/mol. The van der Waals surface area contributed by atoms with Crippen LogP contribution in [-0.4, -0.2) is 59.0 Å². The summed E-state index contributed by atoms with van der Waals surface area (Å²) in [5.74, 6) is 1.28. The lowest BCUT2D eigenvalue weighted by atomic mass is 9.97. The normalized spacial score (nSPS) is 15.4. The molecule has 4 rings (SSSR count). The van der Waals surface area contributed by atoms with Gasteiger partial charge in [-0.05, 0) is 17.4 Å². The number of piperazine rings is 1. The highest BCUT2D eigenvalue weighted by Gasteiger charge is 2.26. The van der Waals surface area contributed by atoms with Crippen LogP contribution in [0.3, 0.4) is 0 Å². The van der Waals surface area contributed by atoms with Crippen molar-refractivity contribution in [2.45, 2.75) is 13.3 Å². The molecule has 1 aliphatic rings. The van der Waals surface area contributed by atoms with Gasteiger partial charge in [-0.1, -0.05) is 31.2 Å². The van der Waals surface area contributed by atoms with Crippen molar-refractivity contribution in [3.05, 3.63) is 54.5 Å². The number of methoxy groups -OCH3 is 1. The van der Waals surface area contributed by atoms with Crippen LogP contribution >= 0.6 is 0 Å². The van der Waals surface area contributed by atoms with Gasteiger partial charge in [0.05, 0.1) is 7.11 Å². The van der Waals surface area contributed by atoms with Gasteiger partial charge in [0.1, 0.15) is 0 Å². The molecule has 1 atom stereocenters. The number of fused-ring (bicyclic) bond motifs is 1. The van der Waals surface area contributed by atoms with Crippen LogP contribution in [0.2, 0.25) is 0 Å². The fourth-order valence-electron chi connectivity index (χ4n) is 3.80. The van der Waals surface area contributed by atoms with Gasteiger partial charge in [-0.3, -0.25) is 9.78 Å². The molecule has 1 aromatic carbocycles. The van der Waals surface area contributed by atoms with Crippen molar-refractivity contribution >= 4 is 22.6 Å². The fourth-order valence-corrected chi connectivity index (χ4v) is 3.80. The molecule has 0 saturated carbocycles. The number of hydrogen-bond donors (Lipinski definition) is 0. The first-order chi connectivity index (χ1) is 14.2. The maximum absolute atomic E-state index is 13.0. The molecule has 0 bridgehead atoms. The Morgan fingerprint density at radius 3 is 2.72 bits per heavy atom. The number of ether oxygens (including phenoxy) is 1. The quantitative estimate of drug-likeness (QED) is 0.666. The van der Waals surface area contributed by atoms with E-state index in [4.69, 9.17) is 4.74 Å². The topological polar surface area (TPSA) is 71.5 Å². The largest absolute Gasteiger partial charge is 0.481 e. The van der Waals surface area contributed by atoms with Crippen LogP contribution in [0.15, 0.2) is 48.9 Å². The number of benzene rings is 1. The van der Waals surface area contributed by atoms with Crippen LogP contribution < -0.4 is 9.64 Å². The lowest BCUT2D eigenvalue weighted by Crippen LogP contribution is -2.50. The summed E-state index contributed by atoms with van der Waals surface area (Å²) in [5.41, 5.74) is 1.12. The predicted octanol–water partition coefficient (Wildman–Crippen LogP) is 2.56. The Bertz CT molecular complexity index is 996. The van der Waals surface area contributed by atoms with Gasteiger partial charge in [-0.25, -0.2) is 4.98 Å². The van der Waals surface area contributed by atoms with Gasteiger partial charge in [-0.2, -0.15) is 4.98 Å². The average molecular weight is 391 g/mol. The summed E-state index contributed by atoms with van der Waals surface area (Å²) >= 11 is 0. The minimum atomic E-state index is -0.0952. The molecule has 0 aliphatic carbocycles. The highest BCUT2D eigenvalue weighted by atomic mass is 16.5. The predicted molar refractivity (Wildman–Crippen MR) is 112 cm³/mol. The van der Waals surface area contributed by atoms with E-state index >= 15 is 0 Å². The summed E-state index contributed by atoms with van der Waals surface area (Å²) in [6.07, 6.45) is 6.13. The third kappa shape index (κ3) is 4.13. The van der Waals surface area contributed by atoms with E-state index in [1.165, 1.54) is 5.39 Å². The summed E-state index contributed by atoms with van der Waals surface area (Å²) in [6, 6.07) is 9.91. The summed E-state index contributed by atoms with van der Waals surface area (Å²) < 4.78 is 5.18. The van der Waals surface area contributed by atoms with Crippen molar-refractivity contribution in [1.82, 2.24) is 19.9 Å². The molecule has 7 nitrogen and oxygen atoms in total. The van der Waals surface area contributed by atoms with Crippen molar-refractivity contribution in [3.63, 3.8) is 0 Å². The summed E-state index contributed by atoms with van der Waals surface area (Å²) in [5, 5.41) is 2.28. The Morgan fingerprint density at radius 1 is 1.14 bits per heavy atom. The molecule has 0 radical (unpaired) electrons. The molecule has 3 aromatic rings. The lowest BCUT2D eigenvalue weighted by Gasteiger charge is -2.36. The van der Waals surface area contributed by atoms with E-state index in [2.05, 4.69) is 32.0 Å². The first-order valence-corrected chi connectivity index (χ1v) is 9.88. The Balaban J connectivity index is 1.39. The average Bonchev–Trinajstić information content (AvgIpc) is 2.79. The number of nitrogens with zero attached hydrogens (tertiary/aromatic N) is 5. The molecule has 1 aliphatic heterocycles. The van der Waals surface area contributed by atoms with Crippen LogP contribution in [0.1, 0.15) is 12.5 Å². The molecule has 1 amide bonds. The Hall–Kier alpha value is -3.22. The molecule has 3 heterocycles. The van der Waals surface area contributed by atoms with Gasteiger partial charge in [0.15, 0.2) is 0 Å². The zero-order valence-corrected chi connectivity index (χ0v) is 16.8. The van der Waals surface area contributed by atoms with Crippen molar-refractivity contribution in [2.75, 3.05) is 38.2 Å². The van der Waals surface area contributed by atoms with E-state index in [0.29, 0.717) is 44.4 Å². The van der Waals surface area contributed by atoms with E-state index in [-0.39, 0.29) is 11.8 Å². The summed E-state index contributed by atoms with van der Waals surface area (Å²) in [7, 11) is 1.59. The molecule has 1 unspecified atom stereocenters. The lowest BCUT2D eigenvalue weighted by molar-refractivity contribution is -0.135. The number of pyridine rings is 1. The van der Waals surface area contributed by atoms with Crippen LogP contribution in [0, 0.1) is 5.92 Å². The molecule has 1 fully saturated rings. The van der Waals surface area contributed by atoms with Crippen LogP contribution in [0.25, 0.3) is 10.8 Å². The third-order valence-electron chi connectivity index (χ3n) is 5.40. The van der Waals surface area contributed by atoms with E-state index in [1.807, 2.05) is 36.4 Å². The van der Waals surface area contributed by atoms with Crippen LogP contribution in [-0.2, 0) is 11.2 Å². The third-order valence-corrected chi connectivity index (χ3v) is 5.40. The van der Waals surface area contributed by atoms with Crippen molar-refractivity contribution in [1.29, 1.82) is 0 Å². The number of aromatic nitrogens is 3. The second kappa shape index (κ2) is 8.43. The molecule has 1 saturated heterocycles. The van der Waals surface area contributed by atoms with Crippen molar-refractivity contribution < 1.29 is 9.53 Å². The molecule has 0 N–H and O–H groups in total. The highest BCUT2D eigenvalue weighted by Crippen LogP contribution is 2.22. The Kier molecular flexibility index (Phi) is 5.55. The van der Waals surface area contributed by atoms with Crippen LogP contribution in [0.5, 0.6) is 5.88 Å². The first-order valence-electron chi connectivity index (χ1n) is 9.88. The molecule has 0 spiro atoms. The van der Waals surface area contributed by atoms with Gasteiger partial charge in [0.2, 0.25) is 17.7 Å². The number of carbonyl (C=O) groups excluding carboxylic acids is 1. The Morgan fingerprint density at radius 2 is 1.93 bits per heavy atom. The van der Waals surface area contributed by atoms with Gasteiger partial charge in [0, 0.05) is 62.1 Å². The van der Waals surface area contributed by atoms with E-state index < -0.39 is 0 Å². The molecule has 29 heavy (non-hydrogen) atoms. The van der Waals surface area contributed by atoms with Crippen molar-refractivity contribution in [3.8, 4) is 5.88 Å². The maximum atomic E-state index is 13.0. The zero-order valence-electron chi connectivity index (χ0n) is 16.8. The molecular formula is C22H25N5O2. The second-order valence-electron chi connectivity index (χ2n) is 7.34. The fraction of sp³-hybridized carbons (Fsp3) is 0.364. The second-order valence-corrected chi connectivity index (χ2v) is 7.34. The summed E-state index contributed by atoms with van der Waals surface area (Å²) in [6.45, 7) is 4.75. The van der Waals surface area contributed by atoms with Gasteiger partial charge >= 0.3 is 0 Å². The zero-order chi connectivity index (χ0) is 20.2. The molecule has 7 heteroatoms.